The van der Waals surface area contributed by atoms with Gasteiger partial charge in [0.1, 0.15) is 5.69 Å². The molecule has 0 aliphatic heterocycles. The van der Waals surface area contributed by atoms with E-state index in [1.54, 1.807) is 6.92 Å². The van der Waals surface area contributed by atoms with Crippen LogP contribution in [0.2, 0.25) is 0 Å². The fraction of sp³-hybridized carbons (Fsp3) is 0.133. The Bertz CT molecular complexity index is 1440. The van der Waals surface area contributed by atoms with Crippen LogP contribution in [0.1, 0.15) is 55.6 Å². The number of ketones is 1. The molecule has 168 valence electrons. The lowest BCUT2D eigenvalue weighted by molar-refractivity contribution is 0.0521. The summed E-state index contributed by atoms with van der Waals surface area (Å²) in [6.07, 6.45) is 1.82. The van der Waals surface area contributed by atoms with Gasteiger partial charge in [-0.05, 0) is 37.5 Å². The second kappa shape index (κ2) is 8.64. The average Bonchev–Trinajstić information content (AvgIpc) is 3.40. The number of hydrogen-bond acceptors (Lipinski definition) is 3. The molecule has 0 fully saturated rings. The van der Waals surface area contributed by atoms with Crippen LogP contribution in [0, 0.1) is 13.8 Å². The highest BCUT2D eigenvalue weighted by Crippen LogP contribution is 2.46. The summed E-state index contributed by atoms with van der Waals surface area (Å²) in [5.74, 6) is -0.428. The zero-order chi connectivity index (χ0) is 23.8. The zero-order valence-corrected chi connectivity index (χ0v) is 19.4. The molecule has 0 spiro atoms. The highest BCUT2D eigenvalue weighted by atomic mass is 16.5. The molecule has 0 unspecified atom stereocenters. The van der Waals surface area contributed by atoms with E-state index in [1.807, 2.05) is 92.8 Å². The van der Waals surface area contributed by atoms with Gasteiger partial charge < -0.3 is 9.72 Å². The first-order valence-electron chi connectivity index (χ1n) is 11.4. The zero-order valence-electron chi connectivity index (χ0n) is 19.4. The van der Waals surface area contributed by atoms with Crippen LogP contribution in [-0.2, 0) is 4.74 Å². The maximum absolute atomic E-state index is 13.6. The summed E-state index contributed by atoms with van der Waals surface area (Å²) in [5.41, 5.74) is 8.92. The number of rotatable bonds is 5. The number of hydrogen-bond donors (Lipinski definition) is 1. The van der Waals surface area contributed by atoms with Gasteiger partial charge in [0.05, 0.1) is 6.61 Å². The van der Waals surface area contributed by atoms with Crippen molar-refractivity contribution >= 4 is 22.9 Å². The maximum atomic E-state index is 13.6. The van der Waals surface area contributed by atoms with Crippen molar-refractivity contribution in [3.63, 3.8) is 0 Å². The fourth-order valence-corrected chi connectivity index (χ4v) is 4.56. The van der Waals surface area contributed by atoms with E-state index in [0.717, 1.165) is 44.5 Å². The average molecular weight is 448 g/mol. The topological polar surface area (TPSA) is 59.2 Å². The van der Waals surface area contributed by atoms with Gasteiger partial charge in [0.25, 0.3) is 0 Å². The molecule has 1 aromatic heterocycles. The van der Waals surface area contributed by atoms with Crippen molar-refractivity contribution in [2.24, 2.45) is 0 Å². The third-order valence-corrected chi connectivity index (χ3v) is 6.23. The third-order valence-electron chi connectivity index (χ3n) is 6.23. The van der Waals surface area contributed by atoms with Crippen molar-refractivity contribution in [3.8, 4) is 11.1 Å². The normalized spacial score (nSPS) is 12.7. The number of ether oxygens (including phenoxy) is 1. The number of allylic oxidation sites excluding steroid dienone is 1. The van der Waals surface area contributed by atoms with Crippen LogP contribution < -0.4 is 0 Å². The number of benzene rings is 3. The maximum Gasteiger partial charge on any atom is 0.355 e. The van der Waals surface area contributed by atoms with E-state index >= 15 is 0 Å². The predicted molar refractivity (Wildman–Crippen MR) is 135 cm³/mol. The molecule has 4 heteroatoms. The molecule has 4 aromatic rings. The highest BCUT2D eigenvalue weighted by molar-refractivity contribution is 6.42. The predicted octanol–water partition coefficient (Wildman–Crippen LogP) is 6.63. The molecule has 1 aliphatic carbocycles. The minimum absolute atomic E-state index is 0.0109. The Morgan fingerprint density at radius 3 is 1.97 bits per heavy atom. The molecule has 0 amide bonds. The number of aromatic amines is 1. The molecule has 4 nitrogen and oxygen atoms in total. The smallest absolute Gasteiger partial charge is 0.355 e. The number of carbonyl (C=O) groups is 2. The van der Waals surface area contributed by atoms with Crippen LogP contribution in [-0.4, -0.2) is 23.3 Å². The Morgan fingerprint density at radius 1 is 0.765 bits per heavy atom. The summed E-state index contributed by atoms with van der Waals surface area (Å²) >= 11 is 0. The Hall–Kier alpha value is -4.18. The molecule has 1 aliphatic rings. The van der Waals surface area contributed by atoms with Crippen molar-refractivity contribution in [1.29, 1.82) is 0 Å². The van der Waals surface area contributed by atoms with E-state index < -0.39 is 5.97 Å². The first kappa shape index (κ1) is 21.7. The summed E-state index contributed by atoms with van der Waals surface area (Å²) < 4.78 is 5.35. The van der Waals surface area contributed by atoms with Gasteiger partial charge >= 0.3 is 5.97 Å². The summed E-state index contributed by atoms with van der Waals surface area (Å²) in [7, 11) is 0. The lowest BCUT2D eigenvalue weighted by Gasteiger charge is -2.12. The molecule has 0 radical (unpaired) electrons. The second-order valence-electron chi connectivity index (χ2n) is 8.53. The van der Waals surface area contributed by atoms with Crippen molar-refractivity contribution in [3.05, 3.63) is 118 Å². The number of fused-ring (bicyclic) bond motifs is 1. The number of Topliss-reactive ketones (excluding diaryl/α,β-unsaturated/α-hetero) is 1. The molecule has 3 aromatic carbocycles. The summed E-state index contributed by atoms with van der Waals surface area (Å²) in [6.45, 7) is 6.12. The molecule has 0 saturated heterocycles. The number of esters is 1. The first-order valence-corrected chi connectivity index (χ1v) is 11.4. The van der Waals surface area contributed by atoms with Crippen molar-refractivity contribution in [2.75, 3.05) is 6.61 Å². The lowest BCUT2D eigenvalue weighted by atomic mass is 9.90. The summed E-state index contributed by atoms with van der Waals surface area (Å²) in [4.78, 5) is 29.7. The SMILES string of the molecule is CCOC(=O)c1[nH]cc(C2=C(c3ccc(C)cc3)C(=O)c3ccccc32)c1-c1ccc(C)cc1. The van der Waals surface area contributed by atoms with E-state index in [2.05, 4.69) is 4.98 Å². The van der Waals surface area contributed by atoms with Gasteiger partial charge in [-0.1, -0.05) is 83.9 Å². The standard InChI is InChI=1S/C30H25NO3/c1-4-34-30(33)28-25(20-13-9-18(2)10-14-20)24(17-31-28)27-22-7-5-6-8-23(22)29(32)26(27)21-15-11-19(3)12-16-21/h5-17,31H,4H2,1-3H3. The molecule has 1 heterocycles. The molecule has 0 atom stereocenters. The van der Waals surface area contributed by atoms with E-state index in [4.69, 9.17) is 4.74 Å². The summed E-state index contributed by atoms with van der Waals surface area (Å²) in [6, 6.07) is 23.7. The number of carbonyl (C=O) groups excluding carboxylic acids is 2. The second-order valence-corrected chi connectivity index (χ2v) is 8.53. The minimum Gasteiger partial charge on any atom is -0.461 e. The molecule has 34 heavy (non-hydrogen) atoms. The molecule has 5 rings (SSSR count). The number of nitrogens with one attached hydrogen (secondary N) is 1. The van der Waals surface area contributed by atoms with E-state index in [-0.39, 0.29) is 12.4 Å². The minimum atomic E-state index is -0.417. The Kier molecular flexibility index (Phi) is 5.50. The third kappa shape index (κ3) is 3.57. The van der Waals surface area contributed by atoms with Gasteiger partial charge in [0.15, 0.2) is 5.78 Å². The number of aromatic nitrogens is 1. The molecule has 1 N–H and O–H groups in total. The van der Waals surface area contributed by atoms with Gasteiger partial charge in [-0.15, -0.1) is 0 Å². The molecule has 0 bridgehead atoms. The Balaban J connectivity index is 1.83. The van der Waals surface area contributed by atoms with Gasteiger partial charge in [0, 0.05) is 34.0 Å². The number of H-pyrrole nitrogens is 1. The van der Waals surface area contributed by atoms with Crippen molar-refractivity contribution in [2.45, 2.75) is 20.8 Å². The van der Waals surface area contributed by atoms with Crippen molar-refractivity contribution < 1.29 is 14.3 Å². The van der Waals surface area contributed by atoms with Crippen LogP contribution in [0.4, 0.5) is 0 Å². The van der Waals surface area contributed by atoms with E-state index in [1.165, 1.54) is 0 Å². The van der Waals surface area contributed by atoms with Gasteiger partial charge in [-0.2, -0.15) is 0 Å². The monoisotopic (exact) mass is 447 g/mol. The largest absolute Gasteiger partial charge is 0.461 e. The van der Waals surface area contributed by atoms with Crippen molar-refractivity contribution in [1.82, 2.24) is 4.98 Å². The van der Waals surface area contributed by atoms with E-state index in [9.17, 15) is 9.59 Å². The quantitative estimate of drug-likeness (QED) is 0.349. The van der Waals surface area contributed by atoms with Crippen LogP contribution in [0.5, 0.6) is 0 Å². The lowest BCUT2D eigenvalue weighted by Crippen LogP contribution is -2.07. The summed E-state index contributed by atoms with van der Waals surface area (Å²) in [5, 5.41) is 0. The first-order chi connectivity index (χ1) is 16.5. The molecular weight excluding hydrogens is 422 g/mol. The molecular formula is C30H25NO3. The van der Waals surface area contributed by atoms with Gasteiger partial charge in [0.2, 0.25) is 0 Å². The van der Waals surface area contributed by atoms with Crippen LogP contribution >= 0.6 is 0 Å². The molecule has 0 saturated carbocycles. The van der Waals surface area contributed by atoms with Crippen LogP contribution in [0.3, 0.4) is 0 Å². The number of aryl methyl sites for hydroxylation is 2. The van der Waals surface area contributed by atoms with Crippen LogP contribution in [0.25, 0.3) is 22.3 Å². The Morgan fingerprint density at radius 2 is 1.35 bits per heavy atom. The van der Waals surface area contributed by atoms with Gasteiger partial charge in [-0.25, -0.2) is 4.79 Å². The van der Waals surface area contributed by atoms with Crippen LogP contribution in [0.15, 0.2) is 79.0 Å². The fourth-order valence-electron chi connectivity index (χ4n) is 4.56. The van der Waals surface area contributed by atoms with E-state index in [0.29, 0.717) is 16.8 Å². The highest BCUT2D eigenvalue weighted by Gasteiger charge is 2.34. The van der Waals surface area contributed by atoms with Gasteiger partial charge in [-0.3, -0.25) is 4.79 Å². The Labute approximate surface area is 198 Å².